The molecule has 2 N–H and O–H groups in total. The van der Waals surface area contributed by atoms with Gasteiger partial charge in [-0.2, -0.15) is 0 Å². The number of aryl methyl sites for hydroxylation is 1. The highest BCUT2D eigenvalue weighted by Gasteiger charge is 2.34. The summed E-state index contributed by atoms with van der Waals surface area (Å²) in [6.45, 7) is 4.10. The summed E-state index contributed by atoms with van der Waals surface area (Å²) in [4.78, 5) is 41.1. The van der Waals surface area contributed by atoms with Crippen molar-refractivity contribution in [1.82, 2.24) is 15.5 Å². The molecule has 2 aromatic rings. The van der Waals surface area contributed by atoms with Gasteiger partial charge in [0.2, 0.25) is 5.91 Å². The number of likely N-dealkylation sites (tertiary alicyclic amines) is 1. The van der Waals surface area contributed by atoms with Gasteiger partial charge in [-0.3, -0.25) is 14.4 Å². The van der Waals surface area contributed by atoms with E-state index in [1.165, 1.54) is 11.3 Å². The predicted molar refractivity (Wildman–Crippen MR) is 125 cm³/mol. The van der Waals surface area contributed by atoms with Crippen molar-refractivity contribution in [3.63, 3.8) is 0 Å². The standard InChI is InChI=1S/C24H31N3O4S/c1-17-6-3-7-19(16-17)22(28)26-21(23(29)25-11-5-14-31-2)18-9-12-27(13-10-18)24(30)20-8-4-15-32-20/h3-4,6-8,15-16,18,21H,5,9-14H2,1-2H3,(H,25,29)(H,26,28). The maximum atomic E-state index is 13.0. The summed E-state index contributed by atoms with van der Waals surface area (Å²) in [5.41, 5.74) is 1.52. The van der Waals surface area contributed by atoms with Gasteiger partial charge in [0.05, 0.1) is 4.88 Å². The molecule has 1 aliphatic rings. The van der Waals surface area contributed by atoms with Crippen LogP contribution in [0.25, 0.3) is 0 Å². The average molecular weight is 458 g/mol. The Kier molecular flexibility index (Phi) is 8.81. The van der Waals surface area contributed by atoms with Crippen LogP contribution >= 0.6 is 11.3 Å². The number of carbonyl (C=O) groups excluding carboxylic acids is 3. The first-order chi connectivity index (χ1) is 15.5. The second kappa shape index (κ2) is 11.8. The average Bonchev–Trinajstić information content (AvgIpc) is 3.35. The highest BCUT2D eigenvalue weighted by atomic mass is 32.1. The molecule has 0 aliphatic carbocycles. The van der Waals surface area contributed by atoms with Crippen molar-refractivity contribution in [2.24, 2.45) is 5.92 Å². The predicted octanol–water partition coefficient (Wildman–Crippen LogP) is 2.86. The van der Waals surface area contributed by atoms with Crippen LogP contribution in [0.4, 0.5) is 0 Å². The van der Waals surface area contributed by atoms with Crippen LogP contribution in [0.5, 0.6) is 0 Å². The lowest BCUT2D eigenvalue weighted by Gasteiger charge is -2.35. The van der Waals surface area contributed by atoms with Crippen molar-refractivity contribution in [3.05, 3.63) is 57.8 Å². The van der Waals surface area contributed by atoms with Gasteiger partial charge in [0.25, 0.3) is 11.8 Å². The number of benzene rings is 1. The van der Waals surface area contributed by atoms with Gasteiger partial charge in [-0.25, -0.2) is 0 Å². The first kappa shape index (κ1) is 23.9. The first-order valence-corrected chi connectivity index (χ1v) is 11.8. The Hall–Kier alpha value is -2.71. The maximum absolute atomic E-state index is 13.0. The van der Waals surface area contributed by atoms with Crippen LogP contribution in [0.2, 0.25) is 0 Å². The molecule has 1 atom stereocenters. The molecule has 2 heterocycles. The fourth-order valence-corrected chi connectivity index (χ4v) is 4.63. The van der Waals surface area contributed by atoms with E-state index in [2.05, 4.69) is 10.6 Å². The van der Waals surface area contributed by atoms with Crippen molar-refractivity contribution >= 4 is 29.1 Å². The zero-order valence-electron chi connectivity index (χ0n) is 18.6. The summed E-state index contributed by atoms with van der Waals surface area (Å²) in [7, 11) is 1.62. The molecule has 1 unspecified atom stereocenters. The molecule has 1 saturated heterocycles. The minimum absolute atomic E-state index is 0.0304. The molecule has 0 spiro atoms. The van der Waals surface area contributed by atoms with Crippen molar-refractivity contribution < 1.29 is 19.1 Å². The van der Waals surface area contributed by atoms with E-state index >= 15 is 0 Å². The molecular weight excluding hydrogens is 426 g/mol. The van der Waals surface area contributed by atoms with Crippen LogP contribution in [0, 0.1) is 12.8 Å². The van der Waals surface area contributed by atoms with Gasteiger partial charge in [-0.15, -0.1) is 11.3 Å². The van der Waals surface area contributed by atoms with Gasteiger partial charge < -0.3 is 20.3 Å². The number of carbonyl (C=O) groups is 3. The molecule has 0 bridgehead atoms. The molecule has 1 fully saturated rings. The van der Waals surface area contributed by atoms with E-state index in [-0.39, 0.29) is 23.6 Å². The highest BCUT2D eigenvalue weighted by molar-refractivity contribution is 7.12. The van der Waals surface area contributed by atoms with Crippen LogP contribution < -0.4 is 10.6 Å². The lowest BCUT2D eigenvalue weighted by molar-refractivity contribution is -0.124. The minimum Gasteiger partial charge on any atom is -0.385 e. The zero-order chi connectivity index (χ0) is 22.9. The van der Waals surface area contributed by atoms with E-state index in [4.69, 9.17) is 4.74 Å². The Morgan fingerprint density at radius 1 is 1.19 bits per heavy atom. The van der Waals surface area contributed by atoms with Gasteiger partial charge in [-0.05, 0) is 55.7 Å². The molecule has 3 amide bonds. The maximum Gasteiger partial charge on any atom is 0.263 e. The van der Waals surface area contributed by atoms with E-state index in [0.717, 1.165) is 10.4 Å². The number of hydrogen-bond donors (Lipinski definition) is 2. The Morgan fingerprint density at radius 2 is 1.97 bits per heavy atom. The normalized spacial score (nSPS) is 15.2. The van der Waals surface area contributed by atoms with Crippen LogP contribution in [-0.4, -0.2) is 62.0 Å². The zero-order valence-corrected chi connectivity index (χ0v) is 19.5. The number of thiophene rings is 1. The van der Waals surface area contributed by atoms with Crippen molar-refractivity contribution in [2.75, 3.05) is 33.4 Å². The van der Waals surface area contributed by atoms with Gasteiger partial charge in [-0.1, -0.05) is 23.8 Å². The van der Waals surface area contributed by atoms with Crippen molar-refractivity contribution in [3.8, 4) is 0 Å². The third-order valence-electron chi connectivity index (χ3n) is 5.70. The topological polar surface area (TPSA) is 87.7 Å². The molecule has 1 aromatic carbocycles. The molecule has 0 radical (unpaired) electrons. The Morgan fingerprint density at radius 3 is 2.62 bits per heavy atom. The largest absolute Gasteiger partial charge is 0.385 e. The summed E-state index contributed by atoms with van der Waals surface area (Å²) in [6, 6.07) is 10.4. The molecule has 1 aliphatic heterocycles. The smallest absolute Gasteiger partial charge is 0.263 e. The lowest BCUT2D eigenvalue weighted by Crippen LogP contribution is -2.54. The summed E-state index contributed by atoms with van der Waals surface area (Å²) in [6.07, 6.45) is 2.01. The van der Waals surface area contributed by atoms with Gasteiger partial charge in [0.15, 0.2) is 0 Å². The summed E-state index contributed by atoms with van der Waals surface area (Å²) < 4.78 is 5.04. The monoisotopic (exact) mass is 457 g/mol. The Balaban J connectivity index is 1.65. The van der Waals surface area contributed by atoms with Crippen molar-refractivity contribution in [2.45, 2.75) is 32.2 Å². The third-order valence-corrected chi connectivity index (χ3v) is 6.56. The second-order valence-corrected chi connectivity index (χ2v) is 9.01. The summed E-state index contributed by atoms with van der Waals surface area (Å²) in [5, 5.41) is 7.78. The number of rotatable bonds is 9. The van der Waals surface area contributed by atoms with Crippen LogP contribution in [0.1, 0.15) is 44.9 Å². The fourth-order valence-electron chi connectivity index (χ4n) is 3.94. The lowest BCUT2D eigenvalue weighted by atomic mass is 9.88. The number of hydrogen-bond acceptors (Lipinski definition) is 5. The quantitative estimate of drug-likeness (QED) is 0.567. The van der Waals surface area contributed by atoms with Gasteiger partial charge in [0.1, 0.15) is 6.04 Å². The summed E-state index contributed by atoms with van der Waals surface area (Å²) in [5.74, 6) is -0.464. The molecule has 172 valence electrons. The van der Waals surface area contributed by atoms with Crippen LogP contribution in [0.15, 0.2) is 41.8 Å². The van der Waals surface area contributed by atoms with Gasteiger partial charge >= 0.3 is 0 Å². The van der Waals surface area contributed by atoms with Crippen molar-refractivity contribution in [1.29, 1.82) is 0 Å². The number of piperidine rings is 1. The number of nitrogens with one attached hydrogen (secondary N) is 2. The Labute approximate surface area is 193 Å². The van der Waals surface area contributed by atoms with Gasteiger partial charge in [0, 0.05) is 38.9 Å². The fraction of sp³-hybridized carbons (Fsp3) is 0.458. The van der Waals surface area contributed by atoms with Crippen LogP contribution in [0.3, 0.4) is 0 Å². The van der Waals surface area contributed by atoms with E-state index in [1.54, 1.807) is 13.2 Å². The molecular formula is C24H31N3O4S. The van der Waals surface area contributed by atoms with Crippen LogP contribution in [-0.2, 0) is 9.53 Å². The third kappa shape index (κ3) is 6.40. The molecule has 32 heavy (non-hydrogen) atoms. The summed E-state index contributed by atoms with van der Waals surface area (Å²) >= 11 is 1.43. The second-order valence-electron chi connectivity index (χ2n) is 8.06. The Bertz CT molecular complexity index is 908. The minimum atomic E-state index is -0.649. The number of methoxy groups -OCH3 is 1. The number of ether oxygens (including phenoxy) is 1. The number of amides is 3. The van der Waals surface area contributed by atoms with E-state index in [0.29, 0.717) is 51.1 Å². The molecule has 7 nitrogen and oxygen atoms in total. The SMILES string of the molecule is COCCCNC(=O)C(NC(=O)c1cccc(C)c1)C1CCN(C(=O)c2cccs2)CC1. The molecule has 8 heteroatoms. The number of nitrogens with zero attached hydrogens (tertiary/aromatic N) is 1. The highest BCUT2D eigenvalue weighted by Crippen LogP contribution is 2.24. The molecule has 3 rings (SSSR count). The van der Waals surface area contributed by atoms with E-state index in [9.17, 15) is 14.4 Å². The molecule has 0 saturated carbocycles. The molecule has 1 aromatic heterocycles. The first-order valence-electron chi connectivity index (χ1n) is 11.0. The van der Waals surface area contributed by atoms with E-state index in [1.807, 2.05) is 47.5 Å². The van der Waals surface area contributed by atoms with E-state index < -0.39 is 6.04 Å².